The van der Waals surface area contributed by atoms with E-state index in [0.29, 0.717) is 19.3 Å². The van der Waals surface area contributed by atoms with Crippen LogP contribution in [0.4, 0.5) is 0 Å². The largest absolute Gasteiger partial charge is 0.462 e. The second-order valence-corrected chi connectivity index (χ2v) is 20.2. The van der Waals surface area contributed by atoms with E-state index in [4.69, 9.17) is 14.2 Å². The normalized spacial score (nSPS) is 12.7. The summed E-state index contributed by atoms with van der Waals surface area (Å²) in [6.07, 6.45) is 78.9. The summed E-state index contributed by atoms with van der Waals surface area (Å²) in [7, 11) is 0. The maximum absolute atomic E-state index is 12.8. The van der Waals surface area contributed by atoms with Crippen LogP contribution >= 0.6 is 0 Å². The van der Waals surface area contributed by atoms with Crippen LogP contribution in [-0.2, 0) is 28.6 Å². The van der Waals surface area contributed by atoms with Crippen molar-refractivity contribution >= 4 is 17.9 Å². The monoisotopic (exact) mass is 1000 g/mol. The molecule has 0 saturated heterocycles. The number of carbonyl (C=O) groups is 3. The molecule has 0 N–H and O–H groups in total. The van der Waals surface area contributed by atoms with Crippen molar-refractivity contribution in [3.63, 3.8) is 0 Å². The highest BCUT2D eigenvalue weighted by Gasteiger charge is 2.19. The van der Waals surface area contributed by atoms with Gasteiger partial charge in [-0.05, 0) is 77.0 Å². The Morgan fingerprint density at radius 3 is 0.847 bits per heavy atom. The molecular weight excluding hydrogens is 889 g/mol. The molecule has 0 bridgehead atoms. The van der Waals surface area contributed by atoms with E-state index in [1.807, 2.05) is 0 Å². The molecule has 0 aliphatic carbocycles. The molecule has 0 rings (SSSR count). The topological polar surface area (TPSA) is 78.9 Å². The summed E-state index contributed by atoms with van der Waals surface area (Å²) in [4.78, 5) is 38.0. The molecule has 0 aromatic rings. The van der Waals surface area contributed by atoms with E-state index in [0.717, 1.165) is 103 Å². The summed E-state index contributed by atoms with van der Waals surface area (Å²) >= 11 is 0. The SMILES string of the molecule is CC/C=C\C/C=C\C/C=C\C/C=C\C/C=C\C/C=C\C/C=C\CCCCCCCCCCCCCC(=O)OCC(COC(=O)CCCCCCCCCC)OC(=O)CCCCCCCCCCCCCCC. The standard InChI is InChI=1S/C66H114O6/c1-4-7-10-13-16-19-21-23-24-25-26-27-28-29-30-31-32-33-34-35-36-37-38-39-40-41-42-44-45-47-50-53-56-59-65(68)71-62-63(61-70-64(67)58-55-52-49-18-15-12-9-6-3)72-66(69)60-57-54-51-48-46-43-22-20-17-14-11-8-5-2/h7,10,16,19,23-24,26-27,29-30,32-33,35-36,63H,4-6,8-9,11-15,17-18,20-22,25,28,31,34,37-62H2,1-3H3/b10-7-,19-16-,24-23-,27-26-,30-29-,33-32-,36-35-. The van der Waals surface area contributed by atoms with Gasteiger partial charge in [0.15, 0.2) is 6.10 Å². The van der Waals surface area contributed by atoms with Crippen molar-refractivity contribution in [2.75, 3.05) is 13.2 Å². The summed E-state index contributed by atoms with van der Waals surface area (Å²) in [6.45, 7) is 6.51. The molecule has 1 unspecified atom stereocenters. The van der Waals surface area contributed by atoms with Gasteiger partial charge in [-0.1, -0.05) is 286 Å². The molecule has 72 heavy (non-hydrogen) atoms. The van der Waals surface area contributed by atoms with Crippen LogP contribution in [-0.4, -0.2) is 37.2 Å². The Morgan fingerprint density at radius 1 is 0.292 bits per heavy atom. The molecule has 1 atom stereocenters. The highest BCUT2D eigenvalue weighted by molar-refractivity contribution is 5.71. The fourth-order valence-electron chi connectivity index (χ4n) is 8.60. The predicted octanol–water partition coefficient (Wildman–Crippen LogP) is 20.7. The third-order valence-electron chi connectivity index (χ3n) is 13.2. The number of esters is 3. The third kappa shape index (κ3) is 57.5. The average molecular weight is 1000 g/mol. The number of ether oxygens (including phenoxy) is 3. The smallest absolute Gasteiger partial charge is 0.306 e. The van der Waals surface area contributed by atoms with Crippen LogP contribution in [0, 0.1) is 0 Å². The van der Waals surface area contributed by atoms with E-state index >= 15 is 0 Å². The Morgan fingerprint density at radius 2 is 0.542 bits per heavy atom. The van der Waals surface area contributed by atoms with Crippen molar-refractivity contribution < 1.29 is 28.6 Å². The second kappa shape index (κ2) is 60.1. The van der Waals surface area contributed by atoms with Crippen LogP contribution in [0.25, 0.3) is 0 Å². The lowest BCUT2D eigenvalue weighted by Gasteiger charge is -2.18. The maximum Gasteiger partial charge on any atom is 0.306 e. The lowest BCUT2D eigenvalue weighted by molar-refractivity contribution is -0.167. The van der Waals surface area contributed by atoms with Gasteiger partial charge in [0.05, 0.1) is 0 Å². The van der Waals surface area contributed by atoms with E-state index < -0.39 is 6.10 Å². The summed E-state index contributed by atoms with van der Waals surface area (Å²) < 4.78 is 16.8. The van der Waals surface area contributed by atoms with Crippen molar-refractivity contribution in [3.05, 3.63) is 85.1 Å². The summed E-state index contributed by atoms with van der Waals surface area (Å²) in [6, 6.07) is 0. The van der Waals surface area contributed by atoms with Crippen LogP contribution < -0.4 is 0 Å². The van der Waals surface area contributed by atoms with Crippen molar-refractivity contribution in [2.45, 2.75) is 303 Å². The minimum Gasteiger partial charge on any atom is -0.462 e. The maximum atomic E-state index is 12.8. The molecule has 0 aromatic carbocycles. The van der Waals surface area contributed by atoms with Gasteiger partial charge in [-0.2, -0.15) is 0 Å². The zero-order chi connectivity index (χ0) is 52.2. The number of hydrogen-bond acceptors (Lipinski definition) is 6. The molecule has 0 aromatic heterocycles. The van der Waals surface area contributed by atoms with E-state index in [9.17, 15) is 14.4 Å². The van der Waals surface area contributed by atoms with Crippen LogP contribution in [0.3, 0.4) is 0 Å². The molecule has 0 aliphatic rings. The van der Waals surface area contributed by atoms with Gasteiger partial charge in [0.25, 0.3) is 0 Å². The first-order valence-electron chi connectivity index (χ1n) is 30.6. The lowest BCUT2D eigenvalue weighted by Crippen LogP contribution is -2.30. The first-order chi connectivity index (χ1) is 35.5. The molecule has 0 fully saturated rings. The van der Waals surface area contributed by atoms with Crippen molar-refractivity contribution in [1.29, 1.82) is 0 Å². The van der Waals surface area contributed by atoms with Gasteiger partial charge >= 0.3 is 17.9 Å². The minimum atomic E-state index is -0.771. The number of hydrogen-bond donors (Lipinski definition) is 0. The van der Waals surface area contributed by atoms with Crippen LogP contribution in [0.2, 0.25) is 0 Å². The number of rotatable bonds is 55. The molecule has 0 heterocycles. The van der Waals surface area contributed by atoms with Crippen LogP contribution in [0.1, 0.15) is 297 Å². The van der Waals surface area contributed by atoms with Crippen LogP contribution in [0.15, 0.2) is 85.1 Å². The van der Waals surface area contributed by atoms with Gasteiger partial charge in [0.2, 0.25) is 0 Å². The Labute approximate surface area is 445 Å². The summed E-state index contributed by atoms with van der Waals surface area (Å²) in [5.41, 5.74) is 0. The lowest BCUT2D eigenvalue weighted by atomic mass is 10.0. The van der Waals surface area contributed by atoms with E-state index in [1.54, 1.807) is 0 Å². The van der Waals surface area contributed by atoms with E-state index in [2.05, 4.69) is 106 Å². The van der Waals surface area contributed by atoms with Gasteiger partial charge in [0, 0.05) is 19.3 Å². The highest BCUT2D eigenvalue weighted by Crippen LogP contribution is 2.16. The fraction of sp³-hybridized carbons (Fsp3) is 0.742. The van der Waals surface area contributed by atoms with Gasteiger partial charge in [-0.15, -0.1) is 0 Å². The molecule has 0 amide bonds. The Kier molecular flexibility index (Phi) is 57.3. The van der Waals surface area contributed by atoms with Gasteiger partial charge in [-0.3, -0.25) is 14.4 Å². The summed E-state index contributed by atoms with van der Waals surface area (Å²) in [5.74, 6) is -0.870. The Hall–Kier alpha value is -3.41. The van der Waals surface area contributed by atoms with E-state index in [-0.39, 0.29) is 31.1 Å². The number of carbonyl (C=O) groups excluding carboxylic acids is 3. The predicted molar refractivity (Wildman–Crippen MR) is 311 cm³/mol. The Bertz CT molecular complexity index is 1380. The fourth-order valence-corrected chi connectivity index (χ4v) is 8.60. The number of allylic oxidation sites excluding steroid dienone is 14. The first kappa shape index (κ1) is 68.6. The van der Waals surface area contributed by atoms with Gasteiger partial charge in [-0.25, -0.2) is 0 Å². The molecule has 0 aliphatic heterocycles. The van der Waals surface area contributed by atoms with Crippen molar-refractivity contribution in [2.24, 2.45) is 0 Å². The Balaban J connectivity index is 4.08. The molecule has 6 heteroatoms. The molecule has 0 saturated carbocycles. The summed E-state index contributed by atoms with van der Waals surface area (Å²) in [5, 5.41) is 0. The number of unbranched alkanes of at least 4 members (excludes halogenated alkanes) is 30. The molecule has 414 valence electrons. The highest BCUT2D eigenvalue weighted by atomic mass is 16.6. The van der Waals surface area contributed by atoms with Gasteiger partial charge < -0.3 is 14.2 Å². The molecule has 0 spiro atoms. The zero-order valence-corrected chi connectivity index (χ0v) is 47.4. The second-order valence-electron chi connectivity index (χ2n) is 20.2. The third-order valence-corrected chi connectivity index (χ3v) is 13.2. The average Bonchev–Trinajstić information content (AvgIpc) is 3.38. The molecule has 0 radical (unpaired) electrons. The quantitative estimate of drug-likeness (QED) is 0.0261. The van der Waals surface area contributed by atoms with E-state index in [1.165, 1.54) is 154 Å². The zero-order valence-electron chi connectivity index (χ0n) is 47.4. The first-order valence-corrected chi connectivity index (χ1v) is 30.6. The minimum absolute atomic E-state index is 0.0723. The van der Waals surface area contributed by atoms with Crippen molar-refractivity contribution in [3.8, 4) is 0 Å². The van der Waals surface area contributed by atoms with Gasteiger partial charge in [0.1, 0.15) is 13.2 Å². The molecular formula is C66H114O6. The molecule has 6 nitrogen and oxygen atoms in total. The van der Waals surface area contributed by atoms with Crippen molar-refractivity contribution in [1.82, 2.24) is 0 Å². The van der Waals surface area contributed by atoms with Crippen LogP contribution in [0.5, 0.6) is 0 Å².